The van der Waals surface area contributed by atoms with Crippen molar-refractivity contribution in [2.75, 3.05) is 13.1 Å². The number of nitrogens with one attached hydrogen (secondary N) is 2. The van der Waals surface area contributed by atoms with Gasteiger partial charge in [0.05, 0.1) is 10.9 Å². The van der Waals surface area contributed by atoms with Gasteiger partial charge in [0.1, 0.15) is 0 Å². The van der Waals surface area contributed by atoms with Gasteiger partial charge in [0.25, 0.3) is 11.5 Å². The quantitative estimate of drug-likeness (QED) is 0.747. The molecule has 4 rings (SSSR count). The van der Waals surface area contributed by atoms with Gasteiger partial charge in [-0.05, 0) is 30.5 Å². The predicted molar refractivity (Wildman–Crippen MR) is 105 cm³/mol. The Morgan fingerprint density at radius 2 is 1.78 bits per heavy atom. The predicted octanol–water partition coefficient (Wildman–Crippen LogP) is 2.32. The van der Waals surface area contributed by atoms with Crippen molar-refractivity contribution in [3.8, 4) is 0 Å². The molecule has 2 aromatic carbocycles. The Morgan fingerprint density at radius 3 is 2.56 bits per heavy atom. The fourth-order valence-corrected chi connectivity index (χ4v) is 3.52. The van der Waals surface area contributed by atoms with Gasteiger partial charge in [0.15, 0.2) is 5.82 Å². The first-order chi connectivity index (χ1) is 13.2. The first-order valence-electron chi connectivity index (χ1n) is 9.25. The fourth-order valence-electron chi connectivity index (χ4n) is 3.52. The van der Waals surface area contributed by atoms with Crippen molar-refractivity contribution in [3.05, 3.63) is 76.3 Å². The number of fused-ring (bicyclic) bond motifs is 1. The Labute approximate surface area is 157 Å². The molecule has 0 bridgehead atoms. The largest absolute Gasteiger partial charge is 0.347 e. The summed E-state index contributed by atoms with van der Waals surface area (Å²) in [6.45, 7) is 2.80. The second-order valence-electron chi connectivity index (χ2n) is 6.94. The van der Waals surface area contributed by atoms with Crippen LogP contribution in [0.25, 0.3) is 10.9 Å². The zero-order valence-corrected chi connectivity index (χ0v) is 15.0. The molecule has 0 aliphatic carbocycles. The van der Waals surface area contributed by atoms with Crippen molar-refractivity contribution >= 4 is 16.8 Å². The van der Waals surface area contributed by atoms with Crippen molar-refractivity contribution in [3.63, 3.8) is 0 Å². The van der Waals surface area contributed by atoms with E-state index < -0.39 is 0 Å². The van der Waals surface area contributed by atoms with Crippen LogP contribution < -0.4 is 10.9 Å². The smallest absolute Gasteiger partial charge is 0.287 e. The minimum atomic E-state index is -0.320. The molecule has 6 nitrogen and oxygen atoms in total. The number of carbonyl (C=O) groups excluding carboxylic acids is 1. The summed E-state index contributed by atoms with van der Waals surface area (Å²) in [5.74, 6) is -0.246. The minimum Gasteiger partial charge on any atom is -0.347 e. The lowest BCUT2D eigenvalue weighted by Crippen LogP contribution is -2.45. The maximum atomic E-state index is 12.5. The van der Waals surface area contributed by atoms with Crippen molar-refractivity contribution in [1.29, 1.82) is 0 Å². The summed E-state index contributed by atoms with van der Waals surface area (Å²) in [7, 11) is 0. The molecule has 0 unspecified atom stereocenters. The number of benzene rings is 2. The van der Waals surface area contributed by atoms with E-state index in [4.69, 9.17) is 0 Å². The summed E-state index contributed by atoms with van der Waals surface area (Å²) in [6.07, 6.45) is 1.77. The van der Waals surface area contributed by atoms with Crippen LogP contribution in [0.3, 0.4) is 0 Å². The van der Waals surface area contributed by atoms with E-state index in [-0.39, 0.29) is 23.3 Å². The minimum absolute atomic E-state index is 0.0745. The third-order valence-corrected chi connectivity index (χ3v) is 5.00. The van der Waals surface area contributed by atoms with Gasteiger partial charge in [-0.15, -0.1) is 0 Å². The van der Waals surface area contributed by atoms with Gasteiger partial charge in [-0.25, -0.2) is 4.98 Å². The molecule has 1 aliphatic heterocycles. The van der Waals surface area contributed by atoms with Crippen LogP contribution in [0.1, 0.15) is 29.0 Å². The van der Waals surface area contributed by atoms with Crippen LogP contribution in [0.4, 0.5) is 0 Å². The highest BCUT2D eigenvalue weighted by molar-refractivity contribution is 5.92. The standard InChI is InChI=1S/C21H22N4O2/c26-20-17-8-4-5-9-18(17)23-19(24-20)21(27)22-16-10-12-25(13-11-16)14-15-6-2-1-3-7-15/h1-9,16H,10-14H2,(H,22,27)(H,23,24,26). The monoisotopic (exact) mass is 362 g/mol. The van der Waals surface area contributed by atoms with Crippen LogP contribution in [0.15, 0.2) is 59.4 Å². The van der Waals surface area contributed by atoms with E-state index in [1.54, 1.807) is 24.3 Å². The molecule has 1 amide bonds. The number of H-pyrrole nitrogens is 1. The molecular formula is C21H22N4O2. The lowest BCUT2D eigenvalue weighted by atomic mass is 10.0. The van der Waals surface area contributed by atoms with Crippen LogP contribution in [-0.2, 0) is 6.54 Å². The summed E-state index contributed by atoms with van der Waals surface area (Å²) >= 11 is 0. The second-order valence-corrected chi connectivity index (χ2v) is 6.94. The first kappa shape index (κ1) is 17.4. The number of carbonyl (C=O) groups is 1. The summed E-state index contributed by atoms with van der Waals surface area (Å²) in [5, 5.41) is 3.50. The van der Waals surface area contributed by atoms with E-state index in [0.29, 0.717) is 10.9 Å². The second kappa shape index (κ2) is 7.72. The third kappa shape index (κ3) is 4.06. The summed E-state index contributed by atoms with van der Waals surface area (Å²) in [6, 6.07) is 17.5. The maximum absolute atomic E-state index is 12.5. The molecule has 27 heavy (non-hydrogen) atoms. The van der Waals surface area contributed by atoms with E-state index in [2.05, 4.69) is 44.5 Å². The molecule has 0 spiro atoms. The molecule has 1 fully saturated rings. The molecule has 138 valence electrons. The van der Waals surface area contributed by atoms with Crippen LogP contribution in [0, 0.1) is 0 Å². The molecule has 2 heterocycles. The van der Waals surface area contributed by atoms with E-state index in [1.165, 1.54) is 5.56 Å². The van der Waals surface area contributed by atoms with Crippen molar-refractivity contribution in [2.45, 2.75) is 25.4 Å². The lowest BCUT2D eigenvalue weighted by molar-refractivity contribution is 0.0898. The molecule has 0 atom stereocenters. The van der Waals surface area contributed by atoms with E-state index in [0.717, 1.165) is 32.5 Å². The number of aromatic amines is 1. The van der Waals surface area contributed by atoms with Gasteiger partial charge in [0, 0.05) is 25.7 Å². The number of rotatable bonds is 4. The normalized spacial score (nSPS) is 15.7. The van der Waals surface area contributed by atoms with Gasteiger partial charge in [-0.3, -0.25) is 14.5 Å². The summed E-state index contributed by atoms with van der Waals surface area (Å²) in [5.41, 5.74) is 1.55. The van der Waals surface area contributed by atoms with Crippen LogP contribution in [0.5, 0.6) is 0 Å². The van der Waals surface area contributed by atoms with E-state index >= 15 is 0 Å². The Balaban J connectivity index is 1.36. The van der Waals surface area contributed by atoms with Crippen molar-refractivity contribution in [2.24, 2.45) is 0 Å². The Morgan fingerprint density at radius 1 is 1.07 bits per heavy atom. The molecule has 3 aromatic rings. The van der Waals surface area contributed by atoms with Crippen LogP contribution >= 0.6 is 0 Å². The molecular weight excluding hydrogens is 340 g/mol. The van der Waals surface area contributed by atoms with Gasteiger partial charge in [0.2, 0.25) is 0 Å². The van der Waals surface area contributed by atoms with Gasteiger partial charge >= 0.3 is 0 Å². The number of nitrogens with zero attached hydrogens (tertiary/aromatic N) is 2. The van der Waals surface area contributed by atoms with Gasteiger partial charge in [-0.2, -0.15) is 0 Å². The number of para-hydroxylation sites is 1. The topological polar surface area (TPSA) is 78.1 Å². The molecule has 0 radical (unpaired) electrons. The number of likely N-dealkylation sites (tertiary alicyclic amines) is 1. The average Bonchev–Trinajstić information content (AvgIpc) is 2.70. The molecule has 1 saturated heterocycles. The van der Waals surface area contributed by atoms with Gasteiger partial charge < -0.3 is 10.3 Å². The summed E-state index contributed by atoms with van der Waals surface area (Å²) < 4.78 is 0. The highest BCUT2D eigenvalue weighted by atomic mass is 16.2. The first-order valence-corrected chi connectivity index (χ1v) is 9.25. The average molecular weight is 362 g/mol. The molecule has 2 N–H and O–H groups in total. The Kier molecular flexibility index (Phi) is 4.98. The van der Waals surface area contributed by atoms with Crippen LogP contribution in [-0.4, -0.2) is 39.9 Å². The Hall–Kier alpha value is -2.99. The highest BCUT2D eigenvalue weighted by Crippen LogP contribution is 2.14. The number of hydrogen-bond acceptors (Lipinski definition) is 4. The lowest BCUT2D eigenvalue weighted by Gasteiger charge is -2.32. The van der Waals surface area contributed by atoms with E-state index in [9.17, 15) is 9.59 Å². The number of amides is 1. The number of aromatic nitrogens is 2. The summed E-state index contributed by atoms with van der Waals surface area (Å²) in [4.78, 5) is 33.9. The van der Waals surface area contributed by atoms with Crippen LogP contribution in [0.2, 0.25) is 0 Å². The molecule has 0 saturated carbocycles. The van der Waals surface area contributed by atoms with Gasteiger partial charge in [-0.1, -0.05) is 42.5 Å². The molecule has 1 aliphatic rings. The zero-order chi connectivity index (χ0) is 18.6. The van der Waals surface area contributed by atoms with E-state index in [1.807, 2.05) is 6.07 Å². The molecule has 6 heteroatoms. The fraction of sp³-hybridized carbons (Fsp3) is 0.286. The Bertz CT molecular complexity index is 992. The third-order valence-electron chi connectivity index (χ3n) is 5.00. The van der Waals surface area contributed by atoms with Crippen molar-refractivity contribution in [1.82, 2.24) is 20.2 Å². The number of piperidine rings is 1. The number of hydrogen-bond donors (Lipinski definition) is 2. The van der Waals surface area contributed by atoms with Crippen molar-refractivity contribution < 1.29 is 4.79 Å². The SMILES string of the molecule is O=C(NC1CCN(Cc2ccccc2)CC1)c1nc2ccccc2c(=O)[nH]1. The highest BCUT2D eigenvalue weighted by Gasteiger charge is 2.22. The maximum Gasteiger partial charge on any atom is 0.287 e. The molecule has 1 aromatic heterocycles. The zero-order valence-electron chi connectivity index (χ0n) is 15.0.